The SMILES string of the molecule is CCCCC/C=C\C/C=C\CCCCCCCCCC(=O)OCCCC/C=C\CCCCCCCC(=O)NC(COC1OC(CO)C(O)C(O)C1O)C(O)/C=C/CC/C=C/CCCCC. The quantitative estimate of drug-likeness (QED) is 0.0196. The Morgan fingerprint density at radius 3 is 1.62 bits per heavy atom. The van der Waals surface area contributed by atoms with Crippen LogP contribution in [-0.4, -0.2) is 100 Å². The van der Waals surface area contributed by atoms with Gasteiger partial charge in [-0.25, -0.2) is 0 Å². The first-order valence-electron chi connectivity index (χ1n) is 26.1. The average molecular weight is 918 g/mol. The number of aliphatic hydroxyl groups excluding tert-OH is 5. The molecule has 1 aliphatic heterocycles. The Balaban J connectivity index is 2.15. The van der Waals surface area contributed by atoms with E-state index in [-0.39, 0.29) is 18.5 Å². The van der Waals surface area contributed by atoms with Gasteiger partial charge in [-0.05, 0) is 103 Å². The number of amides is 1. The van der Waals surface area contributed by atoms with Gasteiger partial charge < -0.3 is 45.1 Å². The lowest BCUT2D eigenvalue weighted by Crippen LogP contribution is -2.60. The van der Waals surface area contributed by atoms with Gasteiger partial charge in [0.15, 0.2) is 6.29 Å². The highest BCUT2D eigenvalue weighted by Crippen LogP contribution is 2.22. The summed E-state index contributed by atoms with van der Waals surface area (Å²) >= 11 is 0. The standard InChI is InChI=1S/C54H95NO10/c1-3-5-7-9-11-13-14-15-16-17-18-19-22-26-30-34-38-42-50(59)63-43-39-35-31-27-23-20-21-25-29-33-37-41-49(58)55-46(47(57)40-36-32-28-24-12-10-8-6-4-2)45-64-54-53(62)52(61)51(60)48(44-56)65-54/h11-13,15-16,23-24,27,36,40,46-48,51-54,56-57,60-62H,3-10,14,17-22,25-26,28-35,37-39,41-45H2,1-2H3,(H,55,58)/b13-11-,16-15-,24-12+,27-23-,40-36+. The van der Waals surface area contributed by atoms with Crippen LogP contribution in [0.15, 0.2) is 60.8 Å². The van der Waals surface area contributed by atoms with E-state index in [0.717, 1.165) is 89.9 Å². The molecule has 0 radical (unpaired) electrons. The predicted molar refractivity (Wildman–Crippen MR) is 264 cm³/mol. The van der Waals surface area contributed by atoms with Crippen molar-refractivity contribution in [1.82, 2.24) is 5.32 Å². The molecule has 1 aliphatic rings. The zero-order chi connectivity index (χ0) is 47.4. The third-order valence-electron chi connectivity index (χ3n) is 11.8. The van der Waals surface area contributed by atoms with Crippen LogP contribution in [0.5, 0.6) is 0 Å². The van der Waals surface area contributed by atoms with Gasteiger partial charge in [0, 0.05) is 12.8 Å². The van der Waals surface area contributed by atoms with E-state index in [0.29, 0.717) is 25.9 Å². The Kier molecular flexibility index (Phi) is 40.8. The maximum absolute atomic E-state index is 12.9. The maximum Gasteiger partial charge on any atom is 0.305 e. The fourth-order valence-electron chi connectivity index (χ4n) is 7.59. The lowest BCUT2D eigenvalue weighted by Gasteiger charge is -2.40. The van der Waals surface area contributed by atoms with E-state index in [1.54, 1.807) is 6.08 Å². The Morgan fingerprint density at radius 2 is 1.05 bits per heavy atom. The van der Waals surface area contributed by atoms with Crippen molar-refractivity contribution < 1.29 is 49.3 Å². The zero-order valence-corrected chi connectivity index (χ0v) is 40.9. The molecule has 1 fully saturated rings. The molecule has 1 rings (SSSR count). The molecule has 7 atom stereocenters. The number of nitrogens with one attached hydrogen (secondary N) is 1. The molecule has 65 heavy (non-hydrogen) atoms. The van der Waals surface area contributed by atoms with Gasteiger partial charge in [-0.2, -0.15) is 0 Å². The summed E-state index contributed by atoms with van der Waals surface area (Å²) in [7, 11) is 0. The molecular formula is C54H95NO10. The van der Waals surface area contributed by atoms with Crippen LogP contribution in [0.4, 0.5) is 0 Å². The first-order valence-corrected chi connectivity index (χ1v) is 26.1. The van der Waals surface area contributed by atoms with E-state index in [1.807, 2.05) is 6.08 Å². The monoisotopic (exact) mass is 918 g/mol. The number of esters is 1. The Hall–Kier alpha value is -2.64. The minimum absolute atomic E-state index is 0.0679. The second kappa shape index (κ2) is 43.9. The van der Waals surface area contributed by atoms with Crippen molar-refractivity contribution in [2.24, 2.45) is 0 Å². The van der Waals surface area contributed by atoms with Crippen molar-refractivity contribution in [2.45, 2.75) is 249 Å². The molecule has 1 saturated heterocycles. The van der Waals surface area contributed by atoms with Crippen LogP contribution in [0, 0.1) is 0 Å². The molecule has 0 saturated carbocycles. The molecule has 0 bridgehead atoms. The van der Waals surface area contributed by atoms with Gasteiger partial charge in [-0.15, -0.1) is 0 Å². The molecule has 0 aromatic rings. The Labute approximate surface area is 395 Å². The first kappa shape index (κ1) is 60.4. The van der Waals surface area contributed by atoms with Crippen LogP contribution < -0.4 is 5.32 Å². The summed E-state index contributed by atoms with van der Waals surface area (Å²) in [6.07, 6.45) is 44.6. The highest BCUT2D eigenvalue weighted by molar-refractivity contribution is 5.76. The molecule has 0 aromatic carbocycles. The van der Waals surface area contributed by atoms with Crippen LogP contribution in [0.2, 0.25) is 0 Å². The molecule has 7 unspecified atom stereocenters. The molecule has 1 heterocycles. The molecule has 0 aromatic heterocycles. The lowest BCUT2D eigenvalue weighted by molar-refractivity contribution is -0.302. The van der Waals surface area contributed by atoms with Crippen molar-refractivity contribution in [1.29, 1.82) is 0 Å². The van der Waals surface area contributed by atoms with Crippen molar-refractivity contribution in [3.8, 4) is 0 Å². The van der Waals surface area contributed by atoms with Crippen molar-refractivity contribution in [3.05, 3.63) is 60.8 Å². The number of hydrogen-bond acceptors (Lipinski definition) is 10. The summed E-state index contributed by atoms with van der Waals surface area (Å²) in [4.78, 5) is 25.0. The molecule has 11 heteroatoms. The van der Waals surface area contributed by atoms with Crippen molar-refractivity contribution in [3.63, 3.8) is 0 Å². The second-order valence-corrected chi connectivity index (χ2v) is 17.8. The Morgan fingerprint density at radius 1 is 0.569 bits per heavy atom. The Bertz CT molecular complexity index is 1270. The molecule has 6 N–H and O–H groups in total. The number of allylic oxidation sites excluding steroid dienone is 9. The van der Waals surface area contributed by atoms with E-state index in [9.17, 15) is 35.1 Å². The minimum Gasteiger partial charge on any atom is -0.466 e. The van der Waals surface area contributed by atoms with Gasteiger partial charge in [0.1, 0.15) is 24.4 Å². The van der Waals surface area contributed by atoms with E-state index in [2.05, 4.69) is 67.8 Å². The average Bonchev–Trinajstić information content (AvgIpc) is 3.30. The van der Waals surface area contributed by atoms with E-state index in [4.69, 9.17) is 14.2 Å². The number of aliphatic hydroxyl groups is 5. The van der Waals surface area contributed by atoms with E-state index < -0.39 is 49.5 Å². The van der Waals surface area contributed by atoms with Crippen LogP contribution in [-0.2, 0) is 23.8 Å². The summed E-state index contributed by atoms with van der Waals surface area (Å²) in [6, 6.07) is -0.849. The zero-order valence-electron chi connectivity index (χ0n) is 40.9. The highest BCUT2D eigenvalue weighted by Gasteiger charge is 2.44. The third-order valence-corrected chi connectivity index (χ3v) is 11.8. The van der Waals surface area contributed by atoms with Gasteiger partial charge in [-0.1, -0.05) is 152 Å². The molecule has 376 valence electrons. The van der Waals surface area contributed by atoms with Gasteiger partial charge in [0.25, 0.3) is 0 Å². The third kappa shape index (κ3) is 34.3. The number of hydrogen-bond donors (Lipinski definition) is 6. The van der Waals surface area contributed by atoms with Gasteiger partial charge in [-0.3, -0.25) is 9.59 Å². The van der Waals surface area contributed by atoms with Crippen LogP contribution in [0.3, 0.4) is 0 Å². The summed E-state index contributed by atoms with van der Waals surface area (Å²) in [5, 5.41) is 54.0. The maximum atomic E-state index is 12.9. The summed E-state index contributed by atoms with van der Waals surface area (Å²) in [6.45, 7) is 4.11. The summed E-state index contributed by atoms with van der Waals surface area (Å²) < 4.78 is 16.6. The number of carbonyl (C=O) groups is 2. The van der Waals surface area contributed by atoms with Gasteiger partial charge >= 0.3 is 5.97 Å². The topological polar surface area (TPSA) is 175 Å². The first-order chi connectivity index (χ1) is 31.7. The summed E-state index contributed by atoms with van der Waals surface area (Å²) in [5.41, 5.74) is 0. The minimum atomic E-state index is -1.59. The lowest BCUT2D eigenvalue weighted by atomic mass is 9.99. The van der Waals surface area contributed by atoms with Crippen LogP contribution in [0.1, 0.15) is 206 Å². The number of carbonyl (C=O) groups excluding carboxylic acids is 2. The second-order valence-electron chi connectivity index (χ2n) is 17.8. The van der Waals surface area contributed by atoms with Crippen molar-refractivity contribution >= 4 is 11.9 Å². The van der Waals surface area contributed by atoms with Gasteiger partial charge in [0.2, 0.25) is 5.91 Å². The smallest absolute Gasteiger partial charge is 0.305 e. The van der Waals surface area contributed by atoms with Crippen LogP contribution in [0.25, 0.3) is 0 Å². The van der Waals surface area contributed by atoms with Crippen LogP contribution >= 0.6 is 0 Å². The number of unbranched alkanes of at least 4 members (excludes halogenated alkanes) is 21. The molecule has 0 aliphatic carbocycles. The van der Waals surface area contributed by atoms with E-state index >= 15 is 0 Å². The fraction of sp³-hybridized carbons (Fsp3) is 0.778. The largest absolute Gasteiger partial charge is 0.466 e. The van der Waals surface area contributed by atoms with Gasteiger partial charge in [0.05, 0.1) is 32.0 Å². The van der Waals surface area contributed by atoms with E-state index in [1.165, 1.54) is 83.5 Å². The predicted octanol–water partition coefficient (Wildman–Crippen LogP) is 10.7. The summed E-state index contributed by atoms with van der Waals surface area (Å²) in [5.74, 6) is -0.294. The highest BCUT2D eigenvalue weighted by atomic mass is 16.7. The number of rotatable bonds is 43. The fourth-order valence-corrected chi connectivity index (χ4v) is 7.59. The van der Waals surface area contributed by atoms with Crippen molar-refractivity contribution in [2.75, 3.05) is 19.8 Å². The molecule has 11 nitrogen and oxygen atoms in total. The normalized spacial score (nSPS) is 20.3. The number of ether oxygens (including phenoxy) is 3. The molecule has 0 spiro atoms. The molecular weight excluding hydrogens is 823 g/mol. The molecule has 1 amide bonds.